The Morgan fingerprint density at radius 3 is 2.74 bits per heavy atom. The van der Waals surface area contributed by atoms with E-state index in [1.165, 1.54) is 10.6 Å². The quantitative estimate of drug-likeness (QED) is 0.802. The number of hydrogen-bond acceptors (Lipinski definition) is 5. The number of halogens is 1. The van der Waals surface area contributed by atoms with Crippen molar-refractivity contribution in [3.8, 4) is 0 Å². The maximum Gasteiger partial charge on any atom is 0.255 e. The van der Waals surface area contributed by atoms with Crippen molar-refractivity contribution in [1.29, 1.82) is 0 Å². The highest BCUT2D eigenvalue weighted by molar-refractivity contribution is 6.29. The minimum Gasteiger partial charge on any atom is -0.339 e. The highest BCUT2D eigenvalue weighted by Crippen LogP contribution is 2.12. The first kappa shape index (κ1) is 13.7. The fourth-order valence-corrected chi connectivity index (χ4v) is 1.86. The van der Waals surface area contributed by atoms with Gasteiger partial charge in [0.2, 0.25) is 5.89 Å². The molecule has 2 heterocycles. The predicted octanol–water partition coefficient (Wildman–Crippen LogP) is 2.01. The van der Waals surface area contributed by atoms with E-state index in [1.54, 1.807) is 0 Å². The Morgan fingerprint density at radius 1 is 1.42 bits per heavy atom. The molecule has 0 aliphatic heterocycles. The van der Waals surface area contributed by atoms with Crippen molar-refractivity contribution in [3.63, 3.8) is 0 Å². The second kappa shape index (κ2) is 5.52. The predicted molar refractivity (Wildman–Crippen MR) is 70.4 cm³/mol. The summed E-state index contributed by atoms with van der Waals surface area (Å²) in [5, 5.41) is 4.07. The van der Waals surface area contributed by atoms with Crippen molar-refractivity contribution in [1.82, 2.24) is 19.7 Å². The summed E-state index contributed by atoms with van der Waals surface area (Å²) in [7, 11) is 0. The third-order valence-corrected chi connectivity index (χ3v) is 2.84. The van der Waals surface area contributed by atoms with Crippen LogP contribution >= 0.6 is 11.6 Å². The topological polar surface area (TPSA) is 73.8 Å². The van der Waals surface area contributed by atoms with E-state index in [4.69, 9.17) is 16.1 Å². The lowest BCUT2D eigenvalue weighted by atomic mass is 10.2. The van der Waals surface area contributed by atoms with E-state index in [1.807, 2.05) is 20.8 Å². The minimum absolute atomic E-state index is 0.159. The third kappa shape index (κ3) is 3.01. The zero-order chi connectivity index (χ0) is 14.0. The van der Waals surface area contributed by atoms with E-state index in [2.05, 4.69) is 15.1 Å². The molecule has 6 nitrogen and oxygen atoms in total. The van der Waals surface area contributed by atoms with Gasteiger partial charge in [0.05, 0.1) is 6.54 Å². The van der Waals surface area contributed by atoms with Crippen molar-refractivity contribution < 1.29 is 4.52 Å². The Kier molecular flexibility index (Phi) is 3.99. The number of rotatable bonds is 4. The highest BCUT2D eigenvalue weighted by atomic mass is 35.5. The minimum atomic E-state index is -0.215. The standard InChI is InChI=1S/C12H15ClN4O2/c1-4-10-14-8(13)5-11(18)17(10)6-9-15-12(7(2)3)19-16-9/h5,7H,4,6H2,1-3H3. The molecule has 102 valence electrons. The van der Waals surface area contributed by atoms with Crippen LogP contribution in [0, 0.1) is 0 Å². The zero-order valence-corrected chi connectivity index (χ0v) is 11.8. The number of aryl methyl sites for hydroxylation is 1. The van der Waals surface area contributed by atoms with Gasteiger partial charge in [0, 0.05) is 18.4 Å². The molecule has 2 rings (SSSR count). The Hall–Kier alpha value is -1.69. The van der Waals surface area contributed by atoms with E-state index >= 15 is 0 Å². The molecule has 0 saturated carbocycles. The van der Waals surface area contributed by atoms with Crippen LogP contribution < -0.4 is 5.56 Å². The van der Waals surface area contributed by atoms with Gasteiger partial charge < -0.3 is 4.52 Å². The first-order valence-corrected chi connectivity index (χ1v) is 6.47. The Labute approximate surface area is 115 Å². The van der Waals surface area contributed by atoms with Crippen LogP contribution in [0.1, 0.15) is 44.2 Å². The summed E-state index contributed by atoms with van der Waals surface area (Å²) in [6.07, 6.45) is 0.602. The lowest BCUT2D eigenvalue weighted by molar-refractivity contribution is 0.359. The van der Waals surface area contributed by atoms with Crippen LogP contribution in [-0.2, 0) is 13.0 Å². The lowest BCUT2D eigenvalue weighted by Gasteiger charge is -2.08. The fraction of sp³-hybridized carbons (Fsp3) is 0.500. The van der Waals surface area contributed by atoms with Crippen molar-refractivity contribution in [3.05, 3.63) is 39.1 Å². The van der Waals surface area contributed by atoms with E-state index in [-0.39, 0.29) is 23.2 Å². The molecule has 0 N–H and O–H groups in total. The molecule has 0 atom stereocenters. The molecule has 0 radical (unpaired) electrons. The summed E-state index contributed by atoms with van der Waals surface area (Å²) in [4.78, 5) is 20.3. The summed E-state index contributed by atoms with van der Waals surface area (Å²) in [5.74, 6) is 1.79. The summed E-state index contributed by atoms with van der Waals surface area (Å²) in [5.41, 5.74) is -0.215. The normalized spacial score (nSPS) is 11.2. The smallest absolute Gasteiger partial charge is 0.255 e. The van der Waals surface area contributed by atoms with Crippen molar-refractivity contribution in [2.24, 2.45) is 0 Å². The molecule has 7 heteroatoms. The Bertz CT molecular complexity index is 633. The van der Waals surface area contributed by atoms with E-state index in [0.29, 0.717) is 24.0 Å². The largest absolute Gasteiger partial charge is 0.339 e. The van der Waals surface area contributed by atoms with Crippen molar-refractivity contribution in [2.45, 2.75) is 39.7 Å². The van der Waals surface area contributed by atoms with Gasteiger partial charge in [0.1, 0.15) is 11.0 Å². The lowest BCUT2D eigenvalue weighted by Crippen LogP contribution is -2.25. The molecule has 0 unspecified atom stereocenters. The highest BCUT2D eigenvalue weighted by Gasteiger charge is 2.13. The summed E-state index contributed by atoms with van der Waals surface area (Å²) < 4.78 is 6.61. The fourth-order valence-electron chi connectivity index (χ4n) is 1.67. The van der Waals surface area contributed by atoms with Gasteiger partial charge in [0.25, 0.3) is 5.56 Å². The van der Waals surface area contributed by atoms with Gasteiger partial charge in [-0.25, -0.2) is 4.98 Å². The van der Waals surface area contributed by atoms with Crippen LogP contribution in [0.5, 0.6) is 0 Å². The van der Waals surface area contributed by atoms with Gasteiger partial charge in [-0.1, -0.05) is 37.5 Å². The van der Waals surface area contributed by atoms with Crippen LogP contribution in [0.2, 0.25) is 5.15 Å². The molecule has 0 bridgehead atoms. The first-order chi connectivity index (χ1) is 9.01. The van der Waals surface area contributed by atoms with Crippen LogP contribution in [-0.4, -0.2) is 19.7 Å². The van der Waals surface area contributed by atoms with E-state index < -0.39 is 0 Å². The first-order valence-electron chi connectivity index (χ1n) is 6.10. The van der Waals surface area contributed by atoms with Gasteiger partial charge >= 0.3 is 0 Å². The Morgan fingerprint density at radius 2 is 2.16 bits per heavy atom. The summed E-state index contributed by atoms with van der Waals surface area (Å²) in [6.45, 7) is 6.07. The van der Waals surface area contributed by atoms with Crippen LogP contribution in [0.15, 0.2) is 15.4 Å². The molecule has 0 saturated heterocycles. The number of hydrogen-bond donors (Lipinski definition) is 0. The molecule has 0 amide bonds. The van der Waals surface area contributed by atoms with Gasteiger partial charge in [0.15, 0.2) is 5.82 Å². The second-order valence-corrected chi connectivity index (χ2v) is 4.86. The molecule has 0 fully saturated rings. The van der Waals surface area contributed by atoms with Gasteiger partial charge in [-0.3, -0.25) is 9.36 Å². The molecule has 0 aliphatic rings. The summed E-state index contributed by atoms with van der Waals surface area (Å²) in [6, 6.07) is 1.28. The van der Waals surface area contributed by atoms with Gasteiger partial charge in [-0.05, 0) is 0 Å². The number of aromatic nitrogens is 4. The molecule has 19 heavy (non-hydrogen) atoms. The molecular formula is C12H15ClN4O2. The van der Waals surface area contributed by atoms with Crippen LogP contribution in [0.25, 0.3) is 0 Å². The maximum atomic E-state index is 11.9. The van der Waals surface area contributed by atoms with E-state index in [0.717, 1.165) is 0 Å². The van der Waals surface area contributed by atoms with Gasteiger partial charge in [-0.15, -0.1) is 0 Å². The van der Waals surface area contributed by atoms with Crippen LogP contribution in [0.4, 0.5) is 0 Å². The molecular weight excluding hydrogens is 268 g/mol. The number of nitrogens with zero attached hydrogens (tertiary/aromatic N) is 4. The molecule has 0 spiro atoms. The molecule has 0 aliphatic carbocycles. The van der Waals surface area contributed by atoms with E-state index in [9.17, 15) is 4.79 Å². The third-order valence-electron chi connectivity index (χ3n) is 2.65. The second-order valence-electron chi connectivity index (χ2n) is 4.48. The van der Waals surface area contributed by atoms with Crippen LogP contribution in [0.3, 0.4) is 0 Å². The average molecular weight is 283 g/mol. The zero-order valence-electron chi connectivity index (χ0n) is 11.1. The monoisotopic (exact) mass is 282 g/mol. The summed E-state index contributed by atoms with van der Waals surface area (Å²) >= 11 is 5.78. The molecule has 2 aromatic rings. The average Bonchev–Trinajstić information content (AvgIpc) is 2.81. The molecule has 0 aromatic carbocycles. The van der Waals surface area contributed by atoms with Crippen molar-refractivity contribution in [2.75, 3.05) is 0 Å². The van der Waals surface area contributed by atoms with Crippen molar-refractivity contribution >= 4 is 11.6 Å². The maximum absolute atomic E-state index is 11.9. The Balaban J connectivity index is 2.34. The van der Waals surface area contributed by atoms with Gasteiger partial charge in [-0.2, -0.15) is 4.98 Å². The molecule has 2 aromatic heterocycles. The SMILES string of the molecule is CCc1nc(Cl)cc(=O)n1Cc1noc(C(C)C)n1.